The van der Waals surface area contributed by atoms with E-state index in [0.717, 1.165) is 47.8 Å². The molecule has 2 aromatic rings. The fraction of sp³-hybridized carbons (Fsp3) is 0.556. The zero-order valence-corrected chi connectivity index (χ0v) is 20.2. The predicted octanol–water partition coefficient (Wildman–Crippen LogP) is 5.76. The van der Waals surface area contributed by atoms with Gasteiger partial charge >= 0.3 is 6.09 Å². The Kier molecular flexibility index (Phi) is 5.71. The summed E-state index contributed by atoms with van der Waals surface area (Å²) >= 11 is 0. The predicted molar refractivity (Wildman–Crippen MR) is 131 cm³/mol. The van der Waals surface area contributed by atoms with E-state index in [2.05, 4.69) is 35.9 Å². The van der Waals surface area contributed by atoms with Gasteiger partial charge in [0.05, 0.1) is 23.5 Å². The number of anilines is 2. The summed E-state index contributed by atoms with van der Waals surface area (Å²) in [6.45, 7) is 9.40. The van der Waals surface area contributed by atoms with Crippen LogP contribution in [0.25, 0.3) is 11.1 Å². The molecule has 2 aliphatic carbocycles. The average molecular weight is 450 g/mol. The smallest absolute Gasteiger partial charge is 0.414 e. The highest BCUT2D eigenvalue weighted by Crippen LogP contribution is 2.42. The highest BCUT2D eigenvalue weighted by molar-refractivity contribution is 6.05. The van der Waals surface area contributed by atoms with Crippen LogP contribution in [-0.2, 0) is 16.1 Å². The van der Waals surface area contributed by atoms with Crippen LogP contribution >= 0.6 is 0 Å². The number of aryl methyl sites for hydroxylation is 1. The van der Waals surface area contributed by atoms with Crippen LogP contribution in [0.4, 0.5) is 16.2 Å². The molecule has 5 rings (SSSR count). The highest BCUT2D eigenvalue weighted by atomic mass is 16.6. The van der Waals surface area contributed by atoms with Gasteiger partial charge in [0, 0.05) is 30.9 Å². The molecule has 1 atom stereocenters. The first-order valence-electron chi connectivity index (χ1n) is 12.4. The average Bonchev–Trinajstić information content (AvgIpc) is 3.52. The van der Waals surface area contributed by atoms with Crippen molar-refractivity contribution in [3.8, 4) is 11.1 Å². The molecule has 1 aromatic carbocycles. The lowest BCUT2D eigenvalue weighted by molar-refractivity contribution is -0.120. The lowest BCUT2D eigenvalue weighted by atomic mass is 9.85. The topological polar surface area (TPSA) is 54.8 Å². The molecule has 0 radical (unpaired) electrons. The standard InChI is InChI=1S/C27H35N3O3/c1-17(2)33-27(32)29-14-19(4)30(26(31)21-8-9-21)24-11-10-22(13-25(24)29)23-12-18(3)28(16-23)15-20-6-5-7-20/h10-13,16-17,19-21H,5-9,14-15H2,1-4H3/t19-/m0/s1. The molecule has 1 aromatic heterocycles. The summed E-state index contributed by atoms with van der Waals surface area (Å²) in [4.78, 5) is 29.7. The Hall–Kier alpha value is -2.76. The Balaban J connectivity index is 1.51. The zero-order chi connectivity index (χ0) is 23.3. The maximum absolute atomic E-state index is 13.1. The molecule has 0 unspecified atom stereocenters. The molecule has 6 nitrogen and oxygen atoms in total. The van der Waals surface area contributed by atoms with Gasteiger partial charge in [0.15, 0.2) is 0 Å². The number of carbonyl (C=O) groups excluding carboxylic acids is 2. The molecular formula is C27H35N3O3. The van der Waals surface area contributed by atoms with Gasteiger partial charge in [-0.15, -0.1) is 0 Å². The fourth-order valence-electron chi connectivity index (χ4n) is 5.03. The molecule has 33 heavy (non-hydrogen) atoms. The largest absolute Gasteiger partial charge is 0.446 e. The number of hydrogen-bond donors (Lipinski definition) is 0. The number of aromatic nitrogens is 1. The molecule has 2 fully saturated rings. The Morgan fingerprint density at radius 3 is 2.45 bits per heavy atom. The third-order valence-electron chi connectivity index (χ3n) is 7.26. The van der Waals surface area contributed by atoms with Gasteiger partial charge in [-0.1, -0.05) is 12.5 Å². The Bertz CT molecular complexity index is 1060. The number of hydrogen-bond acceptors (Lipinski definition) is 3. The first-order chi connectivity index (χ1) is 15.8. The molecule has 6 heteroatoms. The molecule has 0 N–H and O–H groups in total. The summed E-state index contributed by atoms with van der Waals surface area (Å²) in [7, 11) is 0. The lowest BCUT2D eigenvalue weighted by Crippen LogP contribution is -2.52. The van der Waals surface area contributed by atoms with E-state index in [0.29, 0.717) is 6.54 Å². The molecule has 0 spiro atoms. The molecule has 0 bridgehead atoms. The Labute approximate surface area is 196 Å². The molecular weight excluding hydrogens is 414 g/mol. The molecule has 3 aliphatic rings. The Morgan fingerprint density at radius 1 is 1.06 bits per heavy atom. The maximum Gasteiger partial charge on any atom is 0.414 e. The first-order valence-corrected chi connectivity index (χ1v) is 12.4. The SMILES string of the molecule is Cc1cc(-c2ccc3c(c2)N(C(=O)OC(C)C)C[C@H](C)N3C(=O)C2CC2)cn1CC1CCC1. The monoisotopic (exact) mass is 449 g/mol. The summed E-state index contributed by atoms with van der Waals surface area (Å²) in [5.41, 5.74) is 5.02. The van der Waals surface area contributed by atoms with Crippen LogP contribution < -0.4 is 9.80 Å². The van der Waals surface area contributed by atoms with Crippen molar-refractivity contribution < 1.29 is 14.3 Å². The summed E-state index contributed by atoms with van der Waals surface area (Å²) in [6.07, 6.45) is 7.58. The van der Waals surface area contributed by atoms with E-state index in [-0.39, 0.29) is 30.1 Å². The first kappa shape index (κ1) is 22.1. The lowest BCUT2D eigenvalue weighted by Gasteiger charge is -2.41. The van der Waals surface area contributed by atoms with E-state index in [4.69, 9.17) is 4.74 Å². The molecule has 2 saturated carbocycles. The molecule has 0 saturated heterocycles. The van der Waals surface area contributed by atoms with Crippen molar-refractivity contribution in [1.82, 2.24) is 4.57 Å². The minimum Gasteiger partial charge on any atom is -0.446 e. The third kappa shape index (κ3) is 4.28. The van der Waals surface area contributed by atoms with Gasteiger partial charge in [-0.25, -0.2) is 4.79 Å². The van der Waals surface area contributed by atoms with Gasteiger partial charge in [0.2, 0.25) is 5.91 Å². The van der Waals surface area contributed by atoms with Crippen LogP contribution in [0.1, 0.15) is 58.6 Å². The maximum atomic E-state index is 13.1. The van der Waals surface area contributed by atoms with Crippen molar-refractivity contribution in [2.45, 2.75) is 78.5 Å². The summed E-state index contributed by atoms with van der Waals surface area (Å²) < 4.78 is 7.92. The normalized spacial score (nSPS) is 20.6. The summed E-state index contributed by atoms with van der Waals surface area (Å²) in [5.74, 6) is 1.09. The minimum absolute atomic E-state index is 0.0954. The number of carbonyl (C=O) groups is 2. The number of ether oxygens (including phenoxy) is 1. The number of nitrogens with zero attached hydrogens (tertiary/aromatic N) is 3. The van der Waals surface area contributed by atoms with Crippen molar-refractivity contribution in [2.24, 2.45) is 11.8 Å². The quantitative estimate of drug-likeness (QED) is 0.583. The fourth-order valence-corrected chi connectivity index (χ4v) is 5.03. The van der Waals surface area contributed by atoms with Crippen LogP contribution in [0.5, 0.6) is 0 Å². The number of amides is 2. The molecule has 176 valence electrons. The number of rotatable bonds is 5. The van der Waals surface area contributed by atoms with Crippen molar-refractivity contribution in [3.63, 3.8) is 0 Å². The van der Waals surface area contributed by atoms with Crippen LogP contribution in [0.3, 0.4) is 0 Å². The van der Waals surface area contributed by atoms with Crippen LogP contribution in [0.2, 0.25) is 0 Å². The van der Waals surface area contributed by atoms with Gasteiger partial charge < -0.3 is 14.2 Å². The zero-order valence-electron chi connectivity index (χ0n) is 20.2. The summed E-state index contributed by atoms with van der Waals surface area (Å²) in [5, 5.41) is 0. The van der Waals surface area contributed by atoms with Gasteiger partial charge in [0.1, 0.15) is 0 Å². The summed E-state index contributed by atoms with van der Waals surface area (Å²) in [6, 6.07) is 8.27. The van der Waals surface area contributed by atoms with E-state index in [1.54, 1.807) is 4.90 Å². The third-order valence-corrected chi connectivity index (χ3v) is 7.26. The molecule has 2 amide bonds. The van der Waals surface area contributed by atoms with Crippen LogP contribution in [0, 0.1) is 18.8 Å². The van der Waals surface area contributed by atoms with Crippen molar-refractivity contribution >= 4 is 23.4 Å². The second kappa shape index (κ2) is 8.54. The van der Waals surface area contributed by atoms with Crippen molar-refractivity contribution in [1.29, 1.82) is 0 Å². The van der Waals surface area contributed by atoms with Gasteiger partial charge in [-0.3, -0.25) is 9.69 Å². The second-order valence-electron chi connectivity index (χ2n) is 10.4. The van der Waals surface area contributed by atoms with E-state index in [9.17, 15) is 9.59 Å². The van der Waals surface area contributed by atoms with E-state index in [1.165, 1.54) is 25.0 Å². The van der Waals surface area contributed by atoms with Gasteiger partial charge in [0.25, 0.3) is 0 Å². The number of fused-ring (bicyclic) bond motifs is 1. The van der Waals surface area contributed by atoms with E-state index < -0.39 is 0 Å². The van der Waals surface area contributed by atoms with Gasteiger partial charge in [-0.2, -0.15) is 0 Å². The van der Waals surface area contributed by atoms with Crippen LogP contribution in [0.15, 0.2) is 30.5 Å². The molecule has 2 heterocycles. The van der Waals surface area contributed by atoms with E-state index in [1.807, 2.05) is 31.7 Å². The van der Waals surface area contributed by atoms with Crippen LogP contribution in [-0.4, -0.2) is 35.3 Å². The highest BCUT2D eigenvalue weighted by Gasteiger charge is 2.41. The molecule has 1 aliphatic heterocycles. The second-order valence-corrected chi connectivity index (χ2v) is 10.4. The number of benzene rings is 1. The van der Waals surface area contributed by atoms with Crippen molar-refractivity contribution in [3.05, 3.63) is 36.2 Å². The minimum atomic E-state index is -0.354. The van der Waals surface area contributed by atoms with Crippen molar-refractivity contribution in [2.75, 3.05) is 16.3 Å². The van der Waals surface area contributed by atoms with Gasteiger partial charge in [-0.05, 0) is 88.6 Å². The van der Waals surface area contributed by atoms with E-state index >= 15 is 0 Å². The Morgan fingerprint density at radius 2 is 1.82 bits per heavy atom.